The number of fused-ring (bicyclic) bond motifs is 6. The Balaban J connectivity index is 0.000000222. The fourth-order valence-corrected chi connectivity index (χ4v) is 10.8. The molecule has 0 spiro atoms. The molecule has 0 N–H and O–H groups in total. The zero-order valence-electron chi connectivity index (χ0n) is 34.3. The fraction of sp³-hybridized carbons (Fsp3) is 0.392. The molecular weight excluding hydrogens is 775 g/mol. The van der Waals surface area contributed by atoms with Crippen molar-refractivity contribution < 1.29 is 49.0 Å². The summed E-state index contributed by atoms with van der Waals surface area (Å²) in [5.74, 6) is 2.24. The van der Waals surface area contributed by atoms with Crippen molar-refractivity contribution in [3.63, 3.8) is 0 Å². The molecule has 0 heterocycles. The summed E-state index contributed by atoms with van der Waals surface area (Å²) in [6, 6.07) is 40.7. The maximum absolute atomic E-state index is 2.62. The van der Waals surface area contributed by atoms with E-state index in [1.807, 2.05) is 30.3 Å². The van der Waals surface area contributed by atoms with Crippen LogP contribution < -0.4 is 24.8 Å². The van der Waals surface area contributed by atoms with E-state index in [-0.39, 0.29) is 51.9 Å². The van der Waals surface area contributed by atoms with Crippen molar-refractivity contribution in [1.82, 2.24) is 0 Å². The van der Waals surface area contributed by atoms with E-state index < -0.39 is 0 Å². The third-order valence-corrected chi connectivity index (χ3v) is 16.8. The van der Waals surface area contributed by atoms with E-state index in [9.17, 15) is 0 Å². The molecule has 2 unspecified atom stereocenters. The molecule has 2 atom stereocenters. The van der Waals surface area contributed by atoms with Gasteiger partial charge in [0.2, 0.25) is 0 Å². The minimum atomic E-state index is 0. The minimum absolute atomic E-state index is 0. The van der Waals surface area contributed by atoms with Gasteiger partial charge in [0.1, 0.15) is 0 Å². The van der Waals surface area contributed by atoms with E-state index >= 15 is 0 Å². The molecule has 1 fully saturated rings. The van der Waals surface area contributed by atoms with Crippen LogP contribution in [0.5, 0.6) is 0 Å². The molecule has 0 amide bonds. The van der Waals surface area contributed by atoms with Gasteiger partial charge in [-0.3, -0.25) is 0 Å². The molecular formula is C51H60Cl2Zr-2. The molecule has 3 heteroatoms. The van der Waals surface area contributed by atoms with Crippen LogP contribution in [0, 0.1) is 33.5 Å². The van der Waals surface area contributed by atoms with Gasteiger partial charge in [0.05, 0.1) is 0 Å². The second-order valence-electron chi connectivity index (χ2n) is 17.8. The van der Waals surface area contributed by atoms with Crippen molar-refractivity contribution in [3.05, 3.63) is 172 Å². The van der Waals surface area contributed by atoms with Crippen LogP contribution in [-0.2, 0) is 42.5 Å². The molecule has 0 aromatic heterocycles. The normalized spacial score (nSPS) is 22.4. The molecule has 0 aliphatic heterocycles. The monoisotopic (exact) mass is 832 g/mol. The average molecular weight is 835 g/mol. The summed E-state index contributed by atoms with van der Waals surface area (Å²) < 4.78 is 1.59. The van der Waals surface area contributed by atoms with E-state index in [1.165, 1.54) is 59.3 Å². The summed E-state index contributed by atoms with van der Waals surface area (Å²) in [5.41, 5.74) is 13.3. The predicted molar refractivity (Wildman–Crippen MR) is 221 cm³/mol. The Hall–Kier alpha value is -2.57. The summed E-state index contributed by atoms with van der Waals surface area (Å²) in [5, 5.41) is 0. The third-order valence-electron chi connectivity index (χ3n) is 14.8. The van der Waals surface area contributed by atoms with E-state index in [0.717, 1.165) is 12.8 Å². The molecule has 8 rings (SSSR count). The summed E-state index contributed by atoms with van der Waals surface area (Å²) in [7, 11) is 0. The number of rotatable bonds is 4. The Labute approximate surface area is 355 Å². The molecule has 0 bridgehead atoms. The summed E-state index contributed by atoms with van der Waals surface area (Å²) >= 11 is 1.53. The Morgan fingerprint density at radius 3 is 1.94 bits per heavy atom. The molecule has 4 aliphatic rings. The zero-order valence-corrected chi connectivity index (χ0v) is 38.3. The first-order valence-corrected chi connectivity index (χ1v) is 20.7. The molecule has 0 saturated heterocycles. The molecule has 4 aromatic carbocycles. The second-order valence-corrected chi connectivity index (χ2v) is 19.3. The molecule has 284 valence electrons. The zero-order chi connectivity index (χ0) is 37.5. The Kier molecular flexibility index (Phi) is 13.8. The molecule has 0 radical (unpaired) electrons. The first-order valence-electron chi connectivity index (χ1n) is 19.5. The van der Waals surface area contributed by atoms with E-state index in [0.29, 0.717) is 5.92 Å². The fourth-order valence-electron chi connectivity index (χ4n) is 9.94. The van der Waals surface area contributed by atoms with Crippen LogP contribution in [0.25, 0.3) is 5.57 Å². The van der Waals surface area contributed by atoms with Gasteiger partial charge < -0.3 is 24.8 Å². The SMILES string of the molecule is CC(C)([C](=[Zr+2])Cc1ccccc1)c1ccccc1.C[C-]1C2=C3Cc4ccccc4C3=C3C=CCCC3C2(C)C(C)(C)C(C)(C)C1(C)C.[Cl-].[Cl-].c1cc[cH-]c1. The molecule has 4 aromatic rings. The van der Waals surface area contributed by atoms with E-state index in [4.69, 9.17) is 0 Å². The molecule has 0 nitrogen and oxygen atoms in total. The third kappa shape index (κ3) is 7.37. The number of halogens is 2. The molecule has 1 saturated carbocycles. The van der Waals surface area contributed by atoms with Crippen molar-refractivity contribution in [3.8, 4) is 0 Å². The Morgan fingerprint density at radius 1 is 0.778 bits per heavy atom. The smallest absolute Gasteiger partial charge is 0.00969 e. The summed E-state index contributed by atoms with van der Waals surface area (Å²) in [4.78, 5) is 0. The quantitative estimate of drug-likeness (QED) is 0.190. The number of allylic oxidation sites excluding steroid dienone is 6. The van der Waals surface area contributed by atoms with E-state index in [1.54, 1.807) is 31.4 Å². The standard InChI is InChI=1S/C29H37.C17H18.C5H5.2ClH.Zr/c1-18-25-22-17-19-13-9-10-14-20(19)24(22)21-15-11-12-16-23(21)29(25,8)28(6,7)27(4,5)26(18,2)3;1-17(2,16-11-7-4-8-12-16)14-13-15-9-5-3-6-10-15;1-2-4-5-3-1;;;/h9-11,13-15,23H,12,16-17H2,1-8H3;3-12H,13H2,1-2H3;1-5H;2*1H;/q-1;;-1;;;+2/p-2. The van der Waals surface area contributed by atoms with Crippen molar-refractivity contribution in [2.75, 3.05) is 0 Å². The maximum Gasteiger partial charge on any atom is -0.00969 e. The number of hydrogen-bond donors (Lipinski definition) is 0. The topological polar surface area (TPSA) is 0 Å². The second kappa shape index (κ2) is 16.9. The summed E-state index contributed by atoms with van der Waals surface area (Å²) in [6.07, 6.45) is 9.59. The van der Waals surface area contributed by atoms with Crippen molar-refractivity contribution in [2.45, 2.75) is 100 Å². The Bertz CT molecular complexity index is 1950. The largest absolute Gasteiger partial charge is 1.00 e. The minimum Gasteiger partial charge on any atom is -1.00 e. The van der Waals surface area contributed by atoms with Crippen LogP contribution in [0.3, 0.4) is 0 Å². The van der Waals surface area contributed by atoms with Gasteiger partial charge in [0, 0.05) is 0 Å². The van der Waals surface area contributed by atoms with Crippen molar-refractivity contribution >= 4 is 8.78 Å². The van der Waals surface area contributed by atoms with Crippen molar-refractivity contribution in [2.24, 2.45) is 27.6 Å². The van der Waals surface area contributed by atoms with E-state index in [2.05, 4.69) is 166 Å². The van der Waals surface area contributed by atoms with Crippen LogP contribution in [0.4, 0.5) is 0 Å². The van der Waals surface area contributed by atoms with Crippen LogP contribution in [0.1, 0.15) is 104 Å². The molecule has 54 heavy (non-hydrogen) atoms. The van der Waals surface area contributed by atoms with Crippen LogP contribution in [0.2, 0.25) is 0 Å². The van der Waals surface area contributed by atoms with Crippen LogP contribution >= 0.6 is 0 Å². The Morgan fingerprint density at radius 2 is 1.35 bits per heavy atom. The number of hydrogen-bond acceptors (Lipinski definition) is 0. The first kappa shape index (κ1) is 44.2. The van der Waals surface area contributed by atoms with Gasteiger partial charge in [0.15, 0.2) is 0 Å². The van der Waals surface area contributed by atoms with Crippen LogP contribution in [0.15, 0.2) is 144 Å². The van der Waals surface area contributed by atoms with Crippen molar-refractivity contribution in [1.29, 1.82) is 0 Å². The van der Waals surface area contributed by atoms with Gasteiger partial charge in [-0.15, -0.1) is 6.92 Å². The van der Waals surface area contributed by atoms with Crippen LogP contribution in [-0.4, -0.2) is 3.21 Å². The van der Waals surface area contributed by atoms with Gasteiger partial charge in [-0.25, -0.2) is 18.1 Å². The van der Waals surface area contributed by atoms with Gasteiger partial charge in [-0.05, 0) is 40.6 Å². The molecule has 4 aliphatic carbocycles. The predicted octanol–water partition coefficient (Wildman–Crippen LogP) is 7.31. The number of benzene rings is 3. The first-order chi connectivity index (χ1) is 24.6. The van der Waals surface area contributed by atoms with Gasteiger partial charge in [-0.2, -0.15) is 29.3 Å². The van der Waals surface area contributed by atoms with Gasteiger partial charge >= 0.3 is 125 Å². The summed E-state index contributed by atoms with van der Waals surface area (Å²) in [6.45, 7) is 25.0. The average Bonchev–Trinajstić information content (AvgIpc) is 3.85. The van der Waals surface area contributed by atoms with Gasteiger partial charge in [-0.1, -0.05) is 113 Å². The van der Waals surface area contributed by atoms with Gasteiger partial charge in [0.25, 0.3) is 0 Å². The maximum atomic E-state index is 2.62.